The van der Waals surface area contributed by atoms with Gasteiger partial charge in [0.25, 0.3) is 0 Å². The van der Waals surface area contributed by atoms with E-state index in [-0.39, 0.29) is 23.0 Å². The molecule has 0 radical (unpaired) electrons. The molecule has 1 atom stereocenters. The van der Waals surface area contributed by atoms with Gasteiger partial charge in [-0.1, -0.05) is 42.5 Å². The zero-order chi connectivity index (χ0) is 9.26. The Hall–Kier alpha value is -0.860. The van der Waals surface area contributed by atoms with Crippen molar-refractivity contribution in [1.29, 1.82) is 0 Å². The van der Waals surface area contributed by atoms with Crippen molar-refractivity contribution in [3.05, 3.63) is 48.0 Å². The molecule has 0 saturated carbocycles. The number of fused-ring (bicyclic) bond motifs is 1. The van der Waals surface area contributed by atoms with E-state index in [0.717, 1.165) is 0 Å². The molecule has 74 valence electrons. The fraction of sp³-hybridized carbons (Fsp3) is 0.167. The predicted octanol–water partition coefficient (Wildman–Crippen LogP) is 3.44. The highest BCUT2D eigenvalue weighted by molar-refractivity contribution is 8.93. The van der Waals surface area contributed by atoms with Crippen LogP contribution in [-0.4, -0.2) is 0 Å². The Morgan fingerprint density at radius 1 is 1.00 bits per heavy atom. The molecule has 0 bridgehead atoms. The van der Waals surface area contributed by atoms with E-state index in [0.29, 0.717) is 0 Å². The summed E-state index contributed by atoms with van der Waals surface area (Å²) in [6.45, 7) is 2.02. The fourth-order valence-corrected chi connectivity index (χ4v) is 1.65. The van der Waals surface area contributed by atoms with Gasteiger partial charge < -0.3 is 5.73 Å². The standard InChI is InChI=1S/C12H13N.BrH/c1-9(13)11-8-4-6-10-5-2-3-7-12(10)11;/h2-9H,13H2,1H3;1H/t9-;/m1./s1. The molecule has 0 aliphatic heterocycles. The van der Waals surface area contributed by atoms with Gasteiger partial charge in [0.2, 0.25) is 0 Å². The van der Waals surface area contributed by atoms with Crippen LogP contribution in [0.2, 0.25) is 0 Å². The lowest BCUT2D eigenvalue weighted by Crippen LogP contribution is -2.05. The molecule has 0 aliphatic rings. The molecule has 0 fully saturated rings. The van der Waals surface area contributed by atoms with Gasteiger partial charge in [-0.15, -0.1) is 17.0 Å². The monoisotopic (exact) mass is 251 g/mol. The largest absolute Gasteiger partial charge is 0.324 e. The zero-order valence-electron chi connectivity index (χ0n) is 8.10. The van der Waals surface area contributed by atoms with Crippen LogP contribution in [0.1, 0.15) is 18.5 Å². The lowest BCUT2D eigenvalue weighted by molar-refractivity contribution is 0.827. The summed E-state index contributed by atoms with van der Waals surface area (Å²) in [5.41, 5.74) is 7.10. The highest BCUT2D eigenvalue weighted by Crippen LogP contribution is 2.22. The van der Waals surface area contributed by atoms with Crippen molar-refractivity contribution in [3.8, 4) is 0 Å². The summed E-state index contributed by atoms with van der Waals surface area (Å²) in [5, 5.41) is 2.53. The molecule has 0 heterocycles. The third-order valence-electron chi connectivity index (χ3n) is 2.31. The molecular weight excluding hydrogens is 238 g/mol. The maximum atomic E-state index is 5.88. The smallest absolute Gasteiger partial charge is 0.0272 e. The van der Waals surface area contributed by atoms with E-state index in [4.69, 9.17) is 5.73 Å². The second-order valence-corrected chi connectivity index (χ2v) is 3.36. The van der Waals surface area contributed by atoms with Crippen LogP contribution >= 0.6 is 17.0 Å². The van der Waals surface area contributed by atoms with E-state index in [1.807, 2.05) is 19.1 Å². The van der Waals surface area contributed by atoms with E-state index < -0.39 is 0 Å². The Balaban J connectivity index is 0.000000980. The van der Waals surface area contributed by atoms with E-state index in [1.54, 1.807) is 0 Å². The van der Waals surface area contributed by atoms with Gasteiger partial charge in [-0.2, -0.15) is 0 Å². The molecule has 0 spiro atoms. The van der Waals surface area contributed by atoms with Gasteiger partial charge in [-0.05, 0) is 23.3 Å². The Bertz CT molecular complexity index is 418. The van der Waals surface area contributed by atoms with Crippen LogP contribution < -0.4 is 5.73 Å². The summed E-state index contributed by atoms with van der Waals surface area (Å²) < 4.78 is 0. The second-order valence-electron chi connectivity index (χ2n) is 3.36. The summed E-state index contributed by atoms with van der Waals surface area (Å²) in [6.07, 6.45) is 0. The maximum Gasteiger partial charge on any atom is 0.0272 e. The van der Waals surface area contributed by atoms with Crippen molar-refractivity contribution in [3.63, 3.8) is 0 Å². The third kappa shape index (κ3) is 1.97. The molecule has 0 amide bonds. The number of hydrogen-bond donors (Lipinski definition) is 1. The lowest BCUT2D eigenvalue weighted by atomic mass is 10.0. The lowest BCUT2D eigenvalue weighted by Gasteiger charge is -2.09. The van der Waals surface area contributed by atoms with Gasteiger partial charge in [-0.25, -0.2) is 0 Å². The quantitative estimate of drug-likeness (QED) is 0.826. The fourth-order valence-electron chi connectivity index (χ4n) is 1.65. The molecule has 0 aromatic heterocycles. The molecule has 14 heavy (non-hydrogen) atoms. The van der Waals surface area contributed by atoms with Gasteiger partial charge >= 0.3 is 0 Å². The van der Waals surface area contributed by atoms with Gasteiger partial charge in [-0.3, -0.25) is 0 Å². The summed E-state index contributed by atoms with van der Waals surface area (Å²) in [5.74, 6) is 0. The Kier molecular flexibility index (Phi) is 3.67. The average Bonchev–Trinajstić information content (AvgIpc) is 2.17. The van der Waals surface area contributed by atoms with Crippen LogP contribution in [0, 0.1) is 0 Å². The number of halogens is 1. The number of rotatable bonds is 1. The van der Waals surface area contributed by atoms with Gasteiger partial charge in [0.05, 0.1) is 0 Å². The molecule has 2 aromatic carbocycles. The maximum absolute atomic E-state index is 5.88. The Morgan fingerprint density at radius 3 is 2.36 bits per heavy atom. The van der Waals surface area contributed by atoms with Crippen molar-refractivity contribution in [2.45, 2.75) is 13.0 Å². The van der Waals surface area contributed by atoms with Crippen LogP contribution in [0.5, 0.6) is 0 Å². The number of nitrogens with two attached hydrogens (primary N) is 1. The average molecular weight is 252 g/mol. The van der Waals surface area contributed by atoms with Crippen LogP contribution in [0.25, 0.3) is 10.8 Å². The summed E-state index contributed by atoms with van der Waals surface area (Å²) in [7, 11) is 0. The number of hydrogen-bond acceptors (Lipinski definition) is 1. The molecule has 2 rings (SSSR count). The predicted molar refractivity (Wildman–Crippen MR) is 66.9 cm³/mol. The zero-order valence-corrected chi connectivity index (χ0v) is 9.82. The summed E-state index contributed by atoms with van der Waals surface area (Å²) in [6, 6.07) is 14.7. The van der Waals surface area contributed by atoms with Gasteiger partial charge in [0, 0.05) is 6.04 Å². The highest BCUT2D eigenvalue weighted by Gasteiger charge is 2.02. The first kappa shape index (κ1) is 11.2. The van der Waals surface area contributed by atoms with Crippen LogP contribution in [0.15, 0.2) is 42.5 Å². The molecule has 1 nitrogen and oxygen atoms in total. The highest BCUT2D eigenvalue weighted by atomic mass is 79.9. The molecule has 2 N–H and O–H groups in total. The van der Waals surface area contributed by atoms with E-state index in [9.17, 15) is 0 Å². The van der Waals surface area contributed by atoms with Crippen LogP contribution in [0.4, 0.5) is 0 Å². The van der Waals surface area contributed by atoms with E-state index in [1.165, 1.54) is 16.3 Å². The molecular formula is C12H14BrN. The van der Waals surface area contributed by atoms with Crippen molar-refractivity contribution in [1.82, 2.24) is 0 Å². The minimum Gasteiger partial charge on any atom is -0.324 e. The van der Waals surface area contributed by atoms with Crippen molar-refractivity contribution in [2.24, 2.45) is 5.73 Å². The SMILES string of the molecule is Br.C[C@@H](N)c1cccc2ccccc12. The molecule has 0 saturated heterocycles. The van der Waals surface area contributed by atoms with E-state index in [2.05, 4.69) is 30.3 Å². The van der Waals surface area contributed by atoms with Crippen molar-refractivity contribution in [2.75, 3.05) is 0 Å². The van der Waals surface area contributed by atoms with Gasteiger partial charge in [0.15, 0.2) is 0 Å². The minimum absolute atomic E-state index is 0. The Morgan fingerprint density at radius 2 is 1.64 bits per heavy atom. The second kappa shape index (κ2) is 4.58. The number of benzene rings is 2. The molecule has 0 unspecified atom stereocenters. The summed E-state index contributed by atoms with van der Waals surface area (Å²) in [4.78, 5) is 0. The molecule has 2 heteroatoms. The topological polar surface area (TPSA) is 26.0 Å². The first-order valence-corrected chi connectivity index (χ1v) is 4.52. The third-order valence-corrected chi connectivity index (χ3v) is 2.31. The molecule has 2 aromatic rings. The minimum atomic E-state index is 0. The van der Waals surface area contributed by atoms with Crippen molar-refractivity contribution >= 4 is 27.8 Å². The van der Waals surface area contributed by atoms with Crippen LogP contribution in [-0.2, 0) is 0 Å². The van der Waals surface area contributed by atoms with E-state index >= 15 is 0 Å². The molecule has 0 aliphatic carbocycles. The van der Waals surface area contributed by atoms with Crippen LogP contribution in [0.3, 0.4) is 0 Å². The first-order chi connectivity index (χ1) is 6.29. The normalized spacial score (nSPS) is 12.1. The first-order valence-electron chi connectivity index (χ1n) is 4.52. The Labute approximate surface area is 94.7 Å². The van der Waals surface area contributed by atoms with Gasteiger partial charge in [0.1, 0.15) is 0 Å². The van der Waals surface area contributed by atoms with Crippen molar-refractivity contribution < 1.29 is 0 Å². The summed E-state index contributed by atoms with van der Waals surface area (Å²) >= 11 is 0.